The van der Waals surface area contributed by atoms with E-state index >= 15 is 0 Å². The van der Waals surface area contributed by atoms with E-state index in [0.29, 0.717) is 13.2 Å². The Bertz CT molecular complexity index is 335. The van der Waals surface area contributed by atoms with Gasteiger partial charge in [0, 0.05) is 32.5 Å². The summed E-state index contributed by atoms with van der Waals surface area (Å²) < 4.78 is 5.40. The smallest absolute Gasteiger partial charge is 0.263 e. The molecule has 0 aliphatic heterocycles. The Hall–Kier alpha value is -1.54. The lowest BCUT2D eigenvalue weighted by Gasteiger charge is -2.06. The minimum Gasteiger partial charge on any atom is -0.390 e. The van der Waals surface area contributed by atoms with Crippen molar-refractivity contribution in [1.82, 2.24) is 10.6 Å². The zero-order chi connectivity index (χ0) is 15.8. The van der Waals surface area contributed by atoms with Crippen LogP contribution in [-0.2, 0) is 9.53 Å². The van der Waals surface area contributed by atoms with Crippen molar-refractivity contribution in [3.8, 4) is 6.07 Å². The number of carbonyl (C=O) groups is 1. The molecule has 120 valence electrons. The van der Waals surface area contributed by atoms with Gasteiger partial charge in [-0.2, -0.15) is 5.26 Å². The number of unbranched alkanes of at least 4 members (excludes halogenated alkanes) is 3. The Morgan fingerprint density at radius 3 is 2.48 bits per heavy atom. The standard InChI is InChI=1S/C16H29N3O2/c1-3-5-7-9-18-14-15(13-17)16(20)19-10-8-12-21-11-6-4-2/h14,18H,3-12H2,1-2H3,(H,19,20)/b15-14-. The number of nitrogens with one attached hydrogen (secondary N) is 2. The molecule has 0 radical (unpaired) electrons. The second-order valence-electron chi connectivity index (χ2n) is 4.91. The summed E-state index contributed by atoms with van der Waals surface area (Å²) in [6.07, 6.45) is 7.79. The molecule has 0 bridgehead atoms. The van der Waals surface area contributed by atoms with Crippen LogP contribution in [0.4, 0.5) is 0 Å². The molecule has 1 amide bonds. The Morgan fingerprint density at radius 2 is 1.81 bits per heavy atom. The van der Waals surface area contributed by atoms with Crippen molar-refractivity contribution in [2.75, 3.05) is 26.3 Å². The van der Waals surface area contributed by atoms with Crippen LogP contribution < -0.4 is 10.6 Å². The van der Waals surface area contributed by atoms with Crippen molar-refractivity contribution in [3.05, 3.63) is 11.8 Å². The molecular weight excluding hydrogens is 266 g/mol. The van der Waals surface area contributed by atoms with Gasteiger partial charge in [-0.05, 0) is 19.3 Å². The van der Waals surface area contributed by atoms with Crippen molar-refractivity contribution >= 4 is 5.91 Å². The molecule has 0 saturated heterocycles. The number of rotatable bonds is 13. The normalized spacial score (nSPS) is 11.0. The van der Waals surface area contributed by atoms with Crippen LogP contribution in [0.5, 0.6) is 0 Å². The lowest BCUT2D eigenvalue weighted by Crippen LogP contribution is -2.27. The van der Waals surface area contributed by atoms with Gasteiger partial charge in [0.1, 0.15) is 11.6 Å². The van der Waals surface area contributed by atoms with Gasteiger partial charge < -0.3 is 15.4 Å². The number of amides is 1. The Balaban J connectivity index is 3.74. The van der Waals surface area contributed by atoms with Crippen LogP contribution in [0.2, 0.25) is 0 Å². The first-order valence-electron chi connectivity index (χ1n) is 7.95. The fourth-order valence-electron chi connectivity index (χ4n) is 1.62. The first kappa shape index (κ1) is 19.5. The van der Waals surface area contributed by atoms with Crippen LogP contribution >= 0.6 is 0 Å². The van der Waals surface area contributed by atoms with Crippen molar-refractivity contribution in [3.63, 3.8) is 0 Å². The summed E-state index contributed by atoms with van der Waals surface area (Å²) in [5.74, 6) is -0.325. The third kappa shape index (κ3) is 11.9. The van der Waals surface area contributed by atoms with Crippen LogP contribution in [0.25, 0.3) is 0 Å². The molecule has 0 aromatic rings. The van der Waals surface area contributed by atoms with Crippen LogP contribution in [0.15, 0.2) is 11.8 Å². The van der Waals surface area contributed by atoms with Crippen LogP contribution in [-0.4, -0.2) is 32.2 Å². The van der Waals surface area contributed by atoms with Crippen molar-refractivity contribution in [2.24, 2.45) is 0 Å². The van der Waals surface area contributed by atoms with E-state index in [4.69, 9.17) is 10.00 Å². The van der Waals surface area contributed by atoms with Gasteiger partial charge in [0.25, 0.3) is 5.91 Å². The van der Waals surface area contributed by atoms with E-state index in [-0.39, 0.29) is 11.5 Å². The van der Waals surface area contributed by atoms with Gasteiger partial charge in [-0.1, -0.05) is 33.1 Å². The SMILES string of the molecule is CCCCCN/C=C(/C#N)C(=O)NCCCOCCCC. The Morgan fingerprint density at radius 1 is 1.10 bits per heavy atom. The highest BCUT2D eigenvalue weighted by Crippen LogP contribution is 1.94. The first-order valence-corrected chi connectivity index (χ1v) is 7.95. The average Bonchev–Trinajstić information content (AvgIpc) is 2.50. The average molecular weight is 295 g/mol. The molecule has 5 nitrogen and oxygen atoms in total. The fourth-order valence-corrected chi connectivity index (χ4v) is 1.62. The van der Waals surface area contributed by atoms with E-state index in [0.717, 1.165) is 51.7 Å². The molecule has 0 aromatic heterocycles. The first-order chi connectivity index (χ1) is 10.3. The van der Waals surface area contributed by atoms with Crippen molar-refractivity contribution < 1.29 is 9.53 Å². The van der Waals surface area contributed by atoms with Gasteiger partial charge in [-0.25, -0.2) is 0 Å². The van der Waals surface area contributed by atoms with E-state index in [1.54, 1.807) is 0 Å². The summed E-state index contributed by atoms with van der Waals surface area (Å²) >= 11 is 0. The van der Waals surface area contributed by atoms with Gasteiger partial charge >= 0.3 is 0 Å². The minimum absolute atomic E-state index is 0.124. The quantitative estimate of drug-likeness (QED) is 0.311. The molecule has 0 rings (SSSR count). The molecular formula is C16H29N3O2. The molecule has 0 aromatic carbocycles. The largest absolute Gasteiger partial charge is 0.390 e. The number of carbonyl (C=O) groups excluding carboxylic acids is 1. The number of nitrogens with zero attached hydrogens (tertiary/aromatic N) is 1. The van der Waals surface area contributed by atoms with Crippen molar-refractivity contribution in [2.45, 2.75) is 52.4 Å². The van der Waals surface area contributed by atoms with E-state index < -0.39 is 0 Å². The Labute approximate surface area is 128 Å². The van der Waals surface area contributed by atoms with Gasteiger partial charge in [-0.3, -0.25) is 4.79 Å². The predicted molar refractivity (Wildman–Crippen MR) is 84.6 cm³/mol. The summed E-state index contributed by atoms with van der Waals surface area (Å²) in [4.78, 5) is 11.7. The molecule has 0 aliphatic rings. The monoisotopic (exact) mass is 295 g/mol. The summed E-state index contributed by atoms with van der Waals surface area (Å²) in [6, 6.07) is 1.92. The molecule has 0 atom stereocenters. The molecule has 0 heterocycles. The topological polar surface area (TPSA) is 74.2 Å². The third-order valence-electron chi connectivity index (χ3n) is 2.93. The van der Waals surface area contributed by atoms with Gasteiger partial charge in [-0.15, -0.1) is 0 Å². The lowest BCUT2D eigenvalue weighted by molar-refractivity contribution is -0.117. The molecule has 0 spiro atoms. The Kier molecular flexibility index (Phi) is 13.8. The number of nitriles is 1. The predicted octanol–water partition coefficient (Wildman–Crippen LogP) is 2.50. The van der Waals surface area contributed by atoms with Gasteiger partial charge in [0.15, 0.2) is 0 Å². The maximum Gasteiger partial charge on any atom is 0.263 e. The second kappa shape index (κ2) is 14.9. The van der Waals surface area contributed by atoms with Crippen molar-refractivity contribution in [1.29, 1.82) is 5.26 Å². The van der Waals surface area contributed by atoms with Crippen LogP contribution in [0.3, 0.4) is 0 Å². The molecule has 21 heavy (non-hydrogen) atoms. The highest BCUT2D eigenvalue weighted by Gasteiger charge is 2.07. The second-order valence-corrected chi connectivity index (χ2v) is 4.91. The minimum atomic E-state index is -0.325. The number of hydrogen-bond donors (Lipinski definition) is 2. The summed E-state index contributed by atoms with van der Waals surface area (Å²) in [5, 5.41) is 14.7. The maximum atomic E-state index is 11.7. The van der Waals surface area contributed by atoms with Gasteiger partial charge in [0.2, 0.25) is 0 Å². The highest BCUT2D eigenvalue weighted by molar-refractivity contribution is 5.97. The number of hydrogen-bond acceptors (Lipinski definition) is 4. The lowest BCUT2D eigenvalue weighted by atomic mass is 10.2. The van der Waals surface area contributed by atoms with Crippen LogP contribution in [0.1, 0.15) is 52.4 Å². The fraction of sp³-hybridized carbons (Fsp3) is 0.750. The van der Waals surface area contributed by atoms with Gasteiger partial charge in [0.05, 0.1) is 0 Å². The van der Waals surface area contributed by atoms with Crippen LogP contribution in [0, 0.1) is 11.3 Å². The summed E-state index contributed by atoms with van der Waals surface area (Å²) in [6.45, 7) is 6.99. The molecule has 5 heteroatoms. The van der Waals surface area contributed by atoms with E-state index in [9.17, 15) is 4.79 Å². The van der Waals surface area contributed by atoms with E-state index in [1.165, 1.54) is 6.20 Å². The summed E-state index contributed by atoms with van der Waals surface area (Å²) in [5.41, 5.74) is 0.124. The molecule has 0 aliphatic carbocycles. The summed E-state index contributed by atoms with van der Waals surface area (Å²) in [7, 11) is 0. The molecule has 0 saturated carbocycles. The number of ether oxygens (including phenoxy) is 1. The zero-order valence-corrected chi connectivity index (χ0v) is 13.4. The highest BCUT2D eigenvalue weighted by atomic mass is 16.5. The zero-order valence-electron chi connectivity index (χ0n) is 13.4. The van der Waals surface area contributed by atoms with E-state index in [1.807, 2.05) is 6.07 Å². The third-order valence-corrected chi connectivity index (χ3v) is 2.93. The maximum absolute atomic E-state index is 11.7. The van der Waals surface area contributed by atoms with E-state index in [2.05, 4.69) is 24.5 Å². The molecule has 0 fully saturated rings. The molecule has 0 unspecified atom stereocenters. The molecule has 2 N–H and O–H groups in total.